The lowest BCUT2D eigenvalue weighted by Crippen LogP contribution is -2.07. The first-order valence-corrected chi connectivity index (χ1v) is 7.40. The SMILES string of the molecule is CCCCCCC(=O)OCCCC(CC)CC. The molecule has 2 nitrogen and oxygen atoms in total. The first-order valence-electron chi connectivity index (χ1n) is 7.40. The van der Waals surface area contributed by atoms with Crippen LogP contribution in [0.3, 0.4) is 0 Å². The fraction of sp³-hybridized carbons (Fsp3) is 0.933. The molecular formula is C15H30O2. The van der Waals surface area contributed by atoms with E-state index in [1.54, 1.807) is 0 Å². The van der Waals surface area contributed by atoms with Crippen LogP contribution in [0, 0.1) is 5.92 Å². The second kappa shape index (κ2) is 11.9. The lowest BCUT2D eigenvalue weighted by atomic mass is 9.98. The van der Waals surface area contributed by atoms with Crippen LogP contribution < -0.4 is 0 Å². The van der Waals surface area contributed by atoms with Gasteiger partial charge in [0.25, 0.3) is 0 Å². The van der Waals surface area contributed by atoms with Crippen LogP contribution in [0.1, 0.15) is 78.6 Å². The van der Waals surface area contributed by atoms with E-state index in [4.69, 9.17) is 4.74 Å². The maximum atomic E-state index is 11.4. The van der Waals surface area contributed by atoms with Crippen molar-refractivity contribution in [2.24, 2.45) is 5.92 Å². The summed E-state index contributed by atoms with van der Waals surface area (Å²) >= 11 is 0. The zero-order valence-electron chi connectivity index (χ0n) is 12.0. The highest BCUT2D eigenvalue weighted by atomic mass is 16.5. The minimum absolute atomic E-state index is 0.00866. The highest BCUT2D eigenvalue weighted by Gasteiger charge is 2.05. The molecule has 2 heteroatoms. The Morgan fingerprint density at radius 3 is 2.29 bits per heavy atom. The molecule has 0 aliphatic carbocycles. The molecule has 17 heavy (non-hydrogen) atoms. The van der Waals surface area contributed by atoms with Gasteiger partial charge in [-0.15, -0.1) is 0 Å². The van der Waals surface area contributed by atoms with E-state index in [0.29, 0.717) is 13.0 Å². The average Bonchev–Trinajstić information content (AvgIpc) is 2.35. The molecule has 102 valence electrons. The number of carbonyl (C=O) groups excluding carboxylic acids is 1. The van der Waals surface area contributed by atoms with E-state index in [1.165, 1.54) is 32.1 Å². The Bertz CT molecular complexity index is 174. The molecule has 0 N–H and O–H groups in total. The molecule has 0 bridgehead atoms. The quantitative estimate of drug-likeness (QED) is 0.387. The van der Waals surface area contributed by atoms with Gasteiger partial charge in [0.2, 0.25) is 0 Å². The second-order valence-electron chi connectivity index (χ2n) is 4.86. The summed E-state index contributed by atoms with van der Waals surface area (Å²) in [5.74, 6) is 0.795. The zero-order valence-corrected chi connectivity index (χ0v) is 12.0. The predicted octanol–water partition coefficient (Wildman–Crippen LogP) is 4.72. The summed E-state index contributed by atoms with van der Waals surface area (Å²) in [5, 5.41) is 0. The van der Waals surface area contributed by atoms with Gasteiger partial charge in [-0.2, -0.15) is 0 Å². The van der Waals surface area contributed by atoms with Crippen molar-refractivity contribution in [2.75, 3.05) is 6.61 Å². The first-order chi connectivity index (χ1) is 8.24. The summed E-state index contributed by atoms with van der Waals surface area (Å²) in [6, 6.07) is 0. The van der Waals surface area contributed by atoms with Gasteiger partial charge < -0.3 is 4.74 Å². The molecule has 0 saturated heterocycles. The number of rotatable bonds is 11. The molecule has 0 heterocycles. The molecule has 0 aromatic carbocycles. The summed E-state index contributed by atoms with van der Waals surface area (Å²) < 4.78 is 5.22. The fourth-order valence-corrected chi connectivity index (χ4v) is 2.02. The minimum atomic E-state index is -0.00866. The summed E-state index contributed by atoms with van der Waals surface area (Å²) in [6.07, 6.45) is 9.86. The summed E-state index contributed by atoms with van der Waals surface area (Å²) in [7, 11) is 0. The van der Waals surface area contributed by atoms with Gasteiger partial charge in [-0.1, -0.05) is 52.9 Å². The number of hydrogen-bond donors (Lipinski definition) is 0. The van der Waals surface area contributed by atoms with Gasteiger partial charge in [0.1, 0.15) is 0 Å². The molecule has 0 aromatic heterocycles. The molecule has 0 spiro atoms. The van der Waals surface area contributed by atoms with Crippen molar-refractivity contribution >= 4 is 5.97 Å². The molecule has 0 amide bonds. The molecule has 0 atom stereocenters. The number of hydrogen-bond acceptors (Lipinski definition) is 2. The number of unbranched alkanes of at least 4 members (excludes halogenated alkanes) is 3. The van der Waals surface area contributed by atoms with E-state index in [-0.39, 0.29) is 5.97 Å². The lowest BCUT2D eigenvalue weighted by molar-refractivity contribution is -0.143. The van der Waals surface area contributed by atoms with Crippen molar-refractivity contribution in [2.45, 2.75) is 78.6 Å². The largest absolute Gasteiger partial charge is 0.466 e. The second-order valence-corrected chi connectivity index (χ2v) is 4.86. The third-order valence-corrected chi connectivity index (χ3v) is 3.41. The van der Waals surface area contributed by atoms with Crippen molar-refractivity contribution in [3.8, 4) is 0 Å². The number of carbonyl (C=O) groups is 1. The average molecular weight is 242 g/mol. The third kappa shape index (κ3) is 10.3. The molecule has 0 unspecified atom stereocenters. The molecule has 0 rings (SSSR count). The van der Waals surface area contributed by atoms with E-state index in [0.717, 1.165) is 25.2 Å². The van der Waals surface area contributed by atoms with Gasteiger partial charge in [-0.25, -0.2) is 0 Å². The Balaban J connectivity index is 3.32. The van der Waals surface area contributed by atoms with Crippen LogP contribution in [0.2, 0.25) is 0 Å². The molecule has 0 aliphatic rings. The van der Waals surface area contributed by atoms with Gasteiger partial charge in [-0.3, -0.25) is 4.79 Å². The first kappa shape index (κ1) is 16.5. The molecule has 0 fully saturated rings. The normalized spacial score (nSPS) is 10.8. The summed E-state index contributed by atoms with van der Waals surface area (Å²) in [5.41, 5.74) is 0. The van der Waals surface area contributed by atoms with Crippen molar-refractivity contribution in [1.29, 1.82) is 0 Å². The number of esters is 1. The Labute approximate surface area is 107 Å². The molecule has 0 saturated carbocycles. The van der Waals surface area contributed by atoms with Gasteiger partial charge in [-0.05, 0) is 25.2 Å². The van der Waals surface area contributed by atoms with Crippen LogP contribution in [-0.4, -0.2) is 12.6 Å². The van der Waals surface area contributed by atoms with Crippen LogP contribution in [0.25, 0.3) is 0 Å². The van der Waals surface area contributed by atoms with Gasteiger partial charge >= 0.3 is 5.97 Å². The van der Waals surface area contributed by atoms with Gasteiger partial charge in [0.05, 0.1) is 6.61 Å². The zero-order chi connectivity index (χ0) is 12.9. The lowest BCUT2D eigenvalue weighted by Gasteiger charge is -2.11. The van der Waals surface area contributed by atoms with Crippen LogP contribution in [0.15, 0.2) is 0 Å². The molecule has 0 aliphatic heterocycles. The van der Waals surface area contributed by atoms with Crippen molar-refractivity contribution in [3.63, 3.8) is 0 Å². The van der Waals surface area contributed by atoms with Crippen LogP contribution in [0.4, 0.5) is 0 Å². The Morgan fingerprint density at radius 1 is 1.00 bits per heavy atom. The summed E-state index contributed by atoms with van der Waals surface area (Å²) in [6.45, 7) is 7.25. The maximum Gasteiger partial charge on any atom is 0.305 e. The van der Waals surface area contributed by atoms with E-state index in [1.807, 2.05) is 0 Å². The predicted molar refractivity (Wildman–Crippen MR) is 73.0 cm³/mol. The van der Waals surface area contributed by atoms with Crippen molar-refractivity contribution in [3.05, 3.63) is 0 Å². The van der Waals surface area contributed by atoms with Crippen molar-refractivity contribution in [1.82, 2.24) is 0 Å². The van der Waals surface area contributed by atoms with E-state index in [9.17, 15) is 4.79 Å². The van der Waals surface area contributed by atoms with Gasteiger partial charge in [0, 0.05) is 6.42 Å². The van der Waals surface area contributed by atoms with Crippen LogP contribution in [0.5, 0.6) is 0 Å². The fourth-order valence-electron chi connectivity index (χ4n) is 2.02. The molecule has 0 aromatic rings. The minimum Gasteiger partial charge on any atom is -0.466 e. The van der Waals surface area contributed by atoms with E-state index < -0.39 is 0 Å². The number of ether oxygens (including phenoxy) is 1. The molecular weight excluding hydrogens is 212 g/mol. The highest BCUT2D eigenvalue weighted by molar-refractivity contribution is 5.69. The Kier molecular flexibility index (Phi) is 11.6. The smallest absolute Gasteiger partial charge is 0.305 e. The molecule has 0 radical (unpaired) electrons. The maximum absolute atomic E-state index is 11.4. The topological polar surface area (TPSA) is 26.3 Å². The van der Waals surface area contributed by atoms with Gasteiger partial charge in [0.15, 0.2) is 0 Å². The van der Waals surface area contributed by atoms with Crippen LogP contribution >= 0.6 is 0 Å². The monoisotopic (exact) mass is 242 g/mol. The van der Waals surface area contributed by atoms with Crippen LogP contribution in [-0.2, 0) is 9.53 Å². The van der Waals surface area contributed by atoms with E-state index in [2.05, 4.69) is 20.8 Å². The Morgan fingerprint density at radius 2 is 1.71 bits per heavy atom. The highest BCUT2D eigenvalue weighted by Crippen LogP contribution is 2.14. The van der Waals surface area contributed by atoms with E-state index >= 15 is 0 Å². The standard InChI is InChI=1S/C15H30O2/c1-4-7-8-9-12-15(16)17-13-10-11-14(5-2)6-3/h14H,4-13H2,1-3H3. The third-order valence-electron chi connectivity index (χ3n) is 3.41. The van der Waals surface area contributed by atoms with Crippen molar-refractivity contribution < 1.29 is 9.53 Å². The Hall–Kier alpha value is -0.530. The summed E-state index contributed by atoms with van der Waals surface area (Å²) in [4.78, 5) is 11.4.